The van der Waals surface area contributed by atoms with Crippen LogP contribution in [-0.2, 0) is 12.7 Å². The van der Waals surface area contributed by atoms with Crippen LogP contribution >= 0.6 is 35.3 Å². The molecule has 0 bridgehead atoms. The molecule has 0 aliphatic carbocycles. The van der Waals surface area contributed by atoms with Gasteiger partial charge in [0, 0.05) is 25.0 Å². The van der Waals surface area contributed by atoms with Crippen molar-refractivity contribution < 1.29 is 23.1 Å². The number of aliphatic imine (C=N–C) groups is 1. The zero-order chi connectivity index (χ0) is 20.6. The van der Waals surface area contributed by atoms with Gasteiger partial charge in [-0.15, -0.1) is 35.3 Å². The van der Waals surface area contributed by atoms with E-state index in [9.17, 15) is 23.1 Å². The van der Waals surface area contributed by atoms with Crippen molar-refractivity contribution in [2.75, 3.05) is 19.6 Å². The molecule has 0 aliphatic heterocycles. The molecule has 0 saturated heterocycles. The van der Waals surface area contributed by atoms with E-state index in [1.807, 2.05) is 6.92 Å². The first-order chi connectivity index (χ1) is 13.3. The second kappa shape index (κ2) is 11.8. The molecule has 0 aliphatic rings. The normalized spacial score (nSPS) is 11.5. The van der Waals surface area contributed by atoms with Crippen LogP contribution in [0.3, 0.4) is 0 Å². The van der Waals surface area contributed by atoms with Crippen LogP contribution in [0.1, 0.15) is 28.0 Å². The maximum absolute atomic E-state index is 12.6. The SMILES string of the molecule is CCNC(=NCc1nc(C(F)(F)F)cs1)NCCNC(=O)c1ccccc1O.I. The van der Waals surface area contributed by atoms with Crippen molar-refractivity contribution in [3.63, 3.8) is 0 Å². The Labute approximate surface area is 186 Å². The first kappa shape index (κ1) is 24.9. The van der Waals surface area contributed by atoms with Crippen LogP contribution in [0.15, 0.2) is 34.6 Å². The van der Waals surface area contributed by atoms with E-state index in [0.29, 0.717) is 19.0 Å². The summed E-state index contributed by atoms with van der Waals surface area (Å²) in [6, 6.07) is 6.19. The zero-order valence-corrected chi connectivity index (χ0v) is 18.6. The Kier molecular flexibility index (Phi) is 10.2. The molecule has 0 saturated carbocycles. The van der Waals surface area contributed by atoms with E-state index < -0.39 is 17.8 Å². The molecular weight excluding hydrogens is 522 g/mol. The van der Waals surface area contributed by atoms with Crippen molar-refractivity contribution in [2.45, 2.75) is 19.6 Å². The van der Waals surface area contributed by atoms with Gasteiger partial charge in [-0.2, -0.15) is 13.2 Å². The third-order valence-electron chi connectivity index (χ3n) is 3.41. The number of benzene rings is 1. The molecule has 160 valence electrons. The average molecular weight is 543 g/mol. The molecule has 0 radical (unpaired) electrons. The molecule has 0 unspecified atom stereocenters. The Bertz CT molecular complexity index is 829. The molecule has 1 aromatic heterocycles. The molecular formula is C17H21F3IN5O2S. The predicted molar refractivity (Wildman–Crippen MR) is 116 cm³/mol. The number of alkyl halides is 3. The lowest BCUT2D eigenvalue weighted by atomic mass is 10.2. The average Bonchev–Trinajstić information content (AvgIpc) is 3.13. The summed E-state index contributed by atoms with van der Waals surface area (Å²) in [5.41, 5.74) is -0.750. The summed E-state index contributed by atoms with van der Waals surface area (Å²) in [6.45, 7) is 2.99. The number of hydrogen-bond donors (Lipinski definition) is 4. The fraction of sp³-hybridized carbons (Fsp3) is 0.353. The molecule has 29 heavy (non-hydrogen) atoms. The third-order valence-corrected chi connectivity index (χ3v) is 4.24. The van der Waals surface area contributed by atoms with Crippen molar-refractivity contribution in [1.82, 2.24) is 20.9 Å². The molecule has 2 aromatic rings. The molecule has 0 atom stereocenters. The lowest BCUT2D eigenvalue weighted by Gasteiger charge is -2.12. The number of thiazole rings is 1. The van der Waals surface area contributed by atoms with Crippen LogP contribution in [0.5, 0.6) is 5.75 Å². The third kappa shape index (κ3) is 8.04. The predicted octanol–water partition coefficient (Wildman–Crippen LogP) is 2.97. The Morgan fingerprint density at radius 2 is 1.90 bits per heavy atom. The van der Waals surface area contributed by atoms with Gasteiger partial charge in [0.1, 0.15) is 10.8 Å². The van der Waals surface area contributed by atoms with Crippen molar-refractivity contribution in [1.29, 1.82) is 0 Å². The molecule has 2 rings (SSSR count). The molecule has 0 fully saturated rings. The smallest absolute Gasteiger partial charge is 0.434 e. The number of hydrogen-bond acceptors (Lipinski definition) is 5. The standard InChI is InChI=1S/C17H20F3N5O2S.HI/c1-2-21-16(24-9-14-25-13(10-28-14)17(18,19)20)23-8-7-22-15(27)11-5-3-4-6-12(11)26;/h3-6,10,26H,2,7-9H2,1H3,(H,22,27)(H2,21,23,24);1H. The molecule has 1 amide bonds. The Morgan fingerprint density at radius 1 is 1.21 bits per heavy atom. The van der Waals surface area contributed by atoms with Gasteiger partial charge in [-0.1, -0.05) is 12.1 Å². The Morgan fingerprint density at radius 3 is 2.52 bits per heavy atom. The summed E-state index contributed by atoms with van der Waals surface area (Å²) in [7, 11) is 0. The van der Waals surface area contributed by atoms with E-state index in [1.165, 1.54) is 12.1 Å². The first-order valence-corrected chi connectivity index (χ1v) is 9.29. The van der Waals surface area contributed by atoms with Gasteiger partial charge in [0.2, 0.25) is 0 Å². The summed E-state index contributed by atoms with van der Waals surface area (Å²) >= 11 is 0.893. The van der Waals surface area contributed by atoms with Gasteiger partial charge in [0.05, 0.1) is 12.1 Å². The molecule has 4 N–H and O–H groups in total. The first-order valence-electron chi connectivity index (χ1n) is 8.41. The van der Waals surface area contributed by atoms with Crippen molar-refractivity contribution in [3.8, 4) is 5.75 Å². The lowest BCUT2D eigenvalue weighted by molar-refractivity contribution is -0.140. The number of amides is 1. The maximum atomic E-state index is 12.6. The number of guanidine groups is 1. The molecule has 1 aromatic carbocycles. The number of nitrogens with zero attached hydrogens (tertiary/aromatic N) is 2. The highest BCUT2D eigenvalue weighted by atomic mass is 127. The number of aromatic hydroxyl groups is 1. The van der Waals surface area contributed by atoms with Crippen LogP contribution in [0.25, 0.3) is 0 Å². The van der Waals surface area contributed by atoms with Crippen LogP contribution < -0.4 is 16.0 Å². The van der Waals surface area contributed by atoms with E-state index in [4.69, 9.17) is 0 Å². The van der Waals surface area contributed by atoms with Gasteiger partial charge in [-0.05, 0) is 19.1 Å². The number of rotatable bonds is 7. The second-order valence-corrected chi connectivity index (χ2v) is 6.46. The number of nitrogens with one attached hydrogen (secondary N) is 3. The summed E-state index contributed by atoms with van der Waals surface area (Å²) in [6.07, 6.45) is -4.47. The number of phenols is 1. The highest BCUT2D eigenvalue weighted by Crippen LogP contribution is 2.30. The Hall–Kier alpha value is -2.09. The monoisotopic (exact) mass is 543 g/mol. The summed E-state index contributed by atoms with van der Waals surface area (Å²) < 4.78 is 37.7. The summed E-state index contributed by atoms with van der Waals surface area (Å²) in [4.78, 5) is 19.7. The number of carbonyl (C=O) groups is 1. The Balaban J connectivity index is 0.00000420. The van der Waals surface area contributed by atoms with Crippen molar-refractivity contribution in [2.24, 2.45) is 4.99 Å². The number of halogens is 4. The van der Waals surface area contributed by atoms with Crippen LogP contribution in [0.4, 0.5) is 13.2 Å². The van der Waals surface area contributed by atoms with E-state index in [-0.39, 0.29) is 53.4 Å². The number of phenolic OH excluding ortho intramolecular Hbond substituents is 1. The highest BCUT2D eigenvalue weighted by molar-refractivity contribution is 14.0. The van der Waals surface area contributed by atoms with E-state index in [0.717, 1.165) is 16.7 Å². The largest absolute Gasteiger partial charge is 0.507 e. The maximum Gasteiger partial charge on any atom is 0.434 e. The molecule has 12 heteroatoms. The minimum atomic E-state index is -4.47. The van der Waals surface area contributed by atoms with Crippen molar-refractivity contribution >= 4 is 47.2 Å². The molecule has 7 nitrogen and oxygen atoms in total. The minimum absolute atomic E-state index is 0. The van der Waals surface area contributed by atoms with Gasteiger partial charge >= 0.3 is 6.18 Å². The fourth-order valence-corrected chi connectivity index (χ4v) is 2.84. The summed E-state index contributed by atoms with van der Waals surface area (Å²) in [5.74, 6) is -0.128. The van der Waals surface area contributed by atoms with Crippen LogP contribution in [0, 0.1) is 0 Å². The van der Waals surface area contributed by atoms with Crippen LogP contribution in [-0.4, -0.2) is 41.6 Å². The second-order valence-electron chi connectivity index (χ2n) is 5.52. The number of aromatic nitrogens is 1. The highest BCUT2D eigenvalue weighted by Gasteiger charge is 2.33. The van der Waals surface area contributed by atoms with E-state index in [1.54, 1.807) is 12.1 Å². The minimum Gasteiger partial charge on any atom is -0.507 e. The van der Waals surface area contributed by atoms with Crippen molar-refractivity contribution in [3.05, 3.63) is 45.9 Å². The van der Waals surface area contributed by atoms with Gasteiger partial charge in [0.25, 0.3) is 5.91 Å². The topological polar surface area (TPSA) is 98.6 Å². The van der Waals surface area contributed by atoms with Gasteiger partial charge < -0.3 is 21.1 Å². The van der Waals surface area contributed by atoms with Gasteiger partial charge in [-0.3, -0.25) is 4.79 Å². The van der Waals surface area contributed by atoms with Crippen LogP contribution in [0.2, 0.25) is 0 Å². The van der Waals surface area contributed by atoms with Gasteiger partial charge in [-0.25, -0.2) is 9.98 Å². The number of carbonyl (C=O) groups excluding carboxylic acids is 1. The summed E-state index contributed by atoms with van der Waals surface area (Å²) in [5, 5.41) is 19.4. The number of para-hydroxylation sites is 1. The van der Waals surface area contributed by atoms with E-state index in [2.05, 4.69) is 25.9 Å². The fourth-order valence-electron chi connectivity index (χ4n) is 2.12. The molecule has 0 spiro atoms. The van der Waals surface area contributed by atoms with E-state index >= 15 is 0 Å². The molecule has 1 heterocycles. The lowest BCUT2D eigenvalue weighted by Crippen LogP contribution is -2.41. The quantitative estimate of drug-likeness (QED) is 0.186. The zero-order valence-electron chi connectivity index (χ0n) is 15.4. The van der Waals surface area contributed by atoms with Gasteiger partial charge in [0.15, 0.2) is 11.7 Å².